The predicted molar refractivity (Wildman–Crippen MR) is 117 cm³/mol. The molecular weight excluding hydrogens is 383 g/mol. The van der Waals surface area contributed by atoms with Crippen LogP contribution in [-0.2, 0) is 0 Å². The molecule has 1 aromatic heterocycles. The zero-order chi connectivity index (χ0) is 21.1. The van der Waals surface area contributed by atoms with Crippen LogP contribution in [-0.4, -0.2) is 41.9 Å². The molecule has 3 aromatic rings. The van der Waals surface area contributed by atoms with Gasteiger partial charge in [0.05, 0.1) is 0 Å². The van der Waals surface area contributed by atoms with E-state index in [0.717, 1.165) is 37.6 Å². The third-order valence-corrected chi connectivity index (χ3v) is 5.19. The summed E-state index contributed by atoms with van der Waals surface area (Å²) < 4.78 is 13.2. The van der Waals surface area contributed by atoms with E-state index in [1.165, 1.54) is 25.4 Å². The number of carbonyl (C=O) groups is 1. The average molecular weight is 406 g/mol. The maximum absolute atomic E-state index is 13.2. The number of anilines is 5. The Hall–Kier alpha value is -3.68. The fourth-order valence-corrected chi connectivity index (χ4v) is 3.49. The number of nitrogens with two attached hydrogens (primary N) is 1. The number of benzene rings is 2. The van der Waals surface area contributed by atoms with E-state index >= 15 is 0 Å². The van der Waals surface area contributed by atoms with E-state index < -0.39 is 0 Å². The molecule has 1 aliphatic rings. The second-order valence-corrected chi connectivity index (χ2v) is 7.17. The smallest absolute Gasteiger partial charge is 0.159 e. The maximum Gasteiger partial charge on any atom is 0.159 e. The van der Waals surface area contributed by atoms with Gasteiger partial charge in [-0.2, -0.15) is 0 Å². The molecule has 3 N–H and O–H groups in total. The molecule has 0 aliphatic carbocycles. The molecule has 4 rings (SSSR count). The van der Waals surface area contributed by atoms with E-state index in [4.69, 9.17) is 5.73 Å². The van der Waals surface area contributed by atoms with Crippen molar-refractivity contribution >= 4 is 34.5 Å². The summed E-state index contributed by atoms with van der Waals surface area (Å²) in [6.45, 7) is 4.58. The molecule has 30 heavy (non-hydrogen) atoms. The van der Waals surface area contributed by atoms with Crippen molar-refractivity contribution in [3.8, 4) is 0 Å². The molecule has 0 amide bonds. The van der Waals surface area contributed by atoms with Crippen LogP contribution < -0.4 is 20.9 Å². The number of carbonyl (C=O) groups excluding carboxylic acids is 1. The highest BCUT2D eigenvalue weighted by Crippen LogP contribution is 2.30. The number of hydrogen-bond acceptors (Lipinski definition) is 7. The SMILES string of the molecule is CC(=O)c1ccc(Nc2ncnc(N3CCN(c4ccc(F)cc4)CC3)c2N)cc1. The lowest BCUT2D eigenvalue weighted by Crippen LogP contribution is -2.47. The topological polar surface area (TPSA) is 87.4 Å². The quantitative estimate of drug-likeness (QED) is 0.627. The molecule has 2 aromatic carbocycles. The monoisotopic (exact) mass is 406 g/mol. The number of ketones is 1. The van der Waals surface area contributed by atoms with E-state index in [2.05, 4.69) is 25.1 Å². The summed E-state index contributed by atoms with van der Waals surface area (Å²) in [5, 5.41) is 3.20. The van der Waals surface area contributed by atoms with Gasteiger partial charge >= 0.3 is 0 Å². The first-order valence-electron chi connectivity index (χ1n) is 9.75. The summed E-state index contributed by atoms with van der Waals surface area (Å²) in [6.07, 6.45) is 1.49. The lowest BCUT2D eigenvalue weighted by molar-refractivity contribution is 0.101. The van der Waals surface area contributed by atoms with Gasteiger partial charge in [0, 0.05) is 43.1 Å². The minimum atomic E-state index is -0.234. The lowest BCUT2D eigenvalue weighted by atomic mass is 10.1. The van der Waals surface area contributed by atoms with Crippen molar-refractivity contribution in [1.29, 1.82) is 0 Å². The van der Waals surface area contributed by atoms with Crippen molar-refractivity contribution in [2.45, 2.75) is 6.92 Å². The molecule has 0 unspecified atom stereocenters. The van der Waals surface area contributed by atoms with Gasteiger partial charge in [-0.3, -0.25) is 4.79 Å². The predicted octanol–water partition coefficient (Wildman–Crippen LogP) is 3.47. The summed E-state index contributed by atoms with van der Waals surface area (Å²) in [7, 11) is 0. The summed E-state index contributed by atoms with van der Waals surface area (Å²) in [5.74, 6) is 0.996. The highest BCUT2D eigenvalue weighted by atomic mass is 19.1. The van der Waals surface area contributed by atoms with Crippen LogP contribution in [0.1, 0.15) is 17.3 Å². The van der Waals surface area contributed by atoms with Crippen molar-refractivity contribution in [2.24, 2.45) is 0 Å². The van der Waals surface area contributed by atoms with E-state index in [1.54, 1.807) is 24.3 Å². The molecule has 2 heterocycles. The molecule has 1 fully saturated rings. The highest BCUT2D eigenvalue weighted by Gasteiger charge is 2.21. The first-order chi connectivity index (χ1) is 14.5. The van der Waals surface area contributed by atoms with Crippen LogP contribution >= 0.6 is 0 Å². The minimum absolute atomic E-state index is 0.0187. The van der Waals surface area contributed by atoms with Gasteiger partial charge in [0.25, 0.3) is 0 Å². The number of Topliss-reactive ketones (excluding diaryl/α,β-unsaturated/α-hetero) is 1. The molecule has 7 nitrogen and oxygen atoms in total. The number of nitrogen functional groups attached to an aromatic ring is 1. The lowest BCUT2D eigenvalue weighted by Gasteiger charge is -2.37. The van der Waals surface area contributed by atoms with E-state index in [9.17, 15) is 9.18 Å². The van der Waals surface area contributed by atoms with Crippen LogP contribution in [0.15, 0.2) is 54.9 Å². The van der Waals surface area contributed by atoms with Crippen LogP contribution in [0.3, 0.4) is 0 Å². The Labute approximate surface area is 174 Å². The molecule has 8 heteroatoms. The number of rotatable bonds is 5. The molecule has 154 valence electrons. The highest BCUT2D eigenvalue weighted by molar-refractivity contribution is 5.94. The Morgan fingerprint density at radius 2 is 1.60 bits per heavy atom. The Morgan fingerprint density at radius 3 is 2.23 bits per heavy atom. The van der Waals surface area contributed by atoms with E-state index in [-0.39, 0.29) is 11.6 Å². The Bertz CT molecular complexity index is 1030. The van der Waals surface area contributed by atoms with Crippen LogP contribution in [0, 0.1) is 5.82 Å². The summed E-state index contributed by atoms with van der Waals surface area (Å²) in [6, 6.07) is 13.7. The van der Waals surface area contributed by atoms with Crippen LogP contribution in [0.4, 0.5) is 33.1 Å². The van der Waals surface area contributed by atoms with Crippen molar-refractivity contribution in [1.82, 2.24) is 9.97 Å². The third-order valence-electron chi connectivity index (χ3n) is 5.19. The molecule has 1 aliphatic heterocycles. The van der Waals surface area contributed by atoms with Gasteiger partial charge in [0.15, 0.2) is 17.4 Å². The zero-order valence-corrected chi connectivity index (χ0v) is 16.7. The molecule has 0 spiro atoms. The third kappa shape index (κ3) is 4.17. The summed E-state index contributed by atoms with van der Waals surface area (Å²) in [5.41, 5.74) is 9.28. The molecule has 0 atom stereocenters. The number of hydrogen-bond donors (Lipinski definition) is 2. The molecule has 0 bridgehead atoms. The van der Waals surface area contributed by atoms with Crippen LogP contribution in [0.5, 0.6) is 0 Å². The molecule has 0 saturated carbocycles. The van der Waals surface area contributed by atoms with Gasteiger partial charge in [0.1, 0.15) is 17.8 Å². The second kappa shape index (κ2) is 8.36. The molecule has 0 radical (unpaired) electrons. The van der Waals surface area contributed by atoms with Gasteiger partial charge < -0.3 is 20.9 Å². The normalized spacial score (nSPS) is 13.9. The van der Waals surface area contributed by atoms with Crippen LogP contribution in [0.25, 0.3) is 0 Å². The maximum atomic E-state index is 13.2. The fraction of sp³-hybridized carbons (Fsp3) is 0.227. The van der Waals surface area contributed by atoms with Crippen molar-refractivity contribution in [3.05, 3.63) is 66.2 Å². The largest absolute Gasteiger partial charge is 0.393 e. The zero-order valence-electron chi connectivity index (χ0n) is 16.7. The van der Waals surface area contributed by atoms with E-state index in [0.29, 0.717) is 22.9 Å². The fourth-order valence-electron chi connectivity index (χ4n) is 3.49. The minimum Gasteiger partial charge on any atom is -0.393 e. The Balaban J connectivity index is 1.45. The number of halogens is 1. The molecule has 1 saturated heterocycles. The van der Waals surface area contributed by atoms with Gasteiger partial charge in [-0.05, 0) is 55.5 Å². The standard InChI is InChI=1S/C22H23FN6O/c1-15(30)16-2-6-18(7-3-16)27-21-20(24)22(26-14-25-21)29-12-10-28(11-13-29)19-8-4-17(23)5-9-19/h2-9,14H,10-13,24H2,1H3,(H,25,26,27). The average Bonchev–Trinajstić information content (AvgIpc) is 2.76. The van der Waals surface area contributed by atoms with E-state index in [1.807, 2.05) is 12.1 Å². The number of aromatic nitrogens is 2. The van der Waals surface area contributed by atoms with Gasteiger partial charge in [-0.15, -0.1) is 0 Å². The van der Waals surface area contributed by atoms with Gasteiger partial charge in [0.2, 0.25) is 0 Å². The first-order valence-corrected chi connectivity index (χ1v) is 9.75. The summed E-state index contributed by atoms with van der Waals surface area (Å²) in [4.78, 5) is 24.4. The number of piperazine rings is 1. The van der Waals surface area contributed by atoms with Crippen molar-refractivity contribution < 1.29 is 9.18 Å². The van der Waals surface area contributed by atoms with Crippen LogP contribution in [0.2, 0.25) is 0 Å². The number of nitrogens with zero attached hydrogens (tertiary/aromatic N) is 4. The first kappa shape index (κ1) is 19.6. The Kier molecular flexibility index (Phi) is 5.47. The summed E-state index contributed by atoms with van der Waals surface area (Å²) >= 11 is 0. The molecular formula is C22H23FN6O. The second-order valence-electron chi connectivity index (χ2n) is 7.17. The van der Waals surface area contributed by atoms with Gasteiger partial charge in [-0.25, -0.2) is 14.4 Å². The van der Waals surface area contributed by atoms with Crippen molar-refractivity contribution in [2.75, 3.05) is 47.0 Å². The Morgan fingerprint density at radius 1 is 0.967 bits per heavy atom. The number of nitrogens with one attached hydrogen (secondary N) is 1. The van der Waals surface area contributed by atoms with Crippen molar-refractivity contribution in [3.63, 3.8) is 0 Å². The van der Waals surface area contributed by atoms with Gasteiger partial charge in [-0.1, -0.05) is 0 Å².